The first kappa shape index (κ1) is 16.5. The number of rotatable bonds is 3. The first-order valence-corrected chi connectivity index (χ1v) is 8.80. The molecule has 1 N–H and O–H groups in total. The molecule has 1 heterocycles. The van der Waals surface area contributed by atoms with Crippen molar-refractivity contribution < 1.29 is 22.3 Å². The van der Waals surface area contributed by atoms with Gasteiger partial charge in [-0.1, -0.05) is 11.6 Å². The summed E-state index contributed by atoms with van der Waals surface area (Å²) in [5, 5.41) is 2.53. The molecule has 0 bridgehead atoms. The molecule has 5 nitrogen and oxygen atoms in total. The molecule has 0 saturated carbocycles. The van der Waals surface area contributed by atoms with Crippen molar-refractivity contribution in [2.75, 3.05) is 13.2 Å². The molecule has 1 saturated heterocycles. The van der Waals surface area contributed by atoms with Crippen molar-refractivity contribution in [3.05, 3.63) is 28.5 Å². The van der Waals surface area contributed by atoms with Crippen molar-refractivity contribution in [2.45, 2.75) is 23.8 Å². The lowest BCUT2D eigenvalue weighted by Crippen LogP contribution is -2.39. The van der Waals surface area contributed by atoms with E-state index in [1.807, 2.05) is 0 Å². The first-order valence-electron chi connectivity index (χ1n) is 6.11. The maximum atomic E-state index is 13.6. The number of carbonyl (C=O) groups is 1. The van der Waals surface area contributed by atoms with Crippen LogP contribution in [0.3, 0.4) is 0 Å². The highest BCUT2D eigenvalue weighted by Gasteiger charge is 2.23. The SMILES string of the molecule is O=C(NC1CCOCC1)c1cc(S(=O)(=O)Cl)c(F)cc1Cl. The summed E-state index contributed by atoms with van der Waals surface area (Å²) in [5.41, 5.74) is -0.135. The van der Waals surface area contributed by atoms with Crippen LogP contribution in [0.15, 0.2) is 17.0 Å². The lowest BCUT2D eigenvalue weighted by molar-refractivity contribution is 0.0696. The predicted molar refractivity (Wildman–Crippen MR) is 75.8 cm³/mol. The smallest absolute Gasteiger partial charge is 0.264 e. The largest absolute Gasteiger partial charge is 0.381 e. The van der Waals surface area contributed by atoms with Crippen molar-refractivity contribution in [3.8, 4) is 0 Å². The average Bonchev–Trinajstić information content (AvgIpc) is 2.38. The molecule has 0 unspecified atom stereocenters. The van der Waals surface area contributed by atoms with E-state index in [0.717, 1.165) is 12.1 Å². The van der Waals surface area contributed by atoms with E-state index in [0.29, 0.717) is 26.1 Å². The van der Waals surface area contributed by atoms with E-state index in [1.165, 1.54) is 0 Å². The Morgan fingerprint density at radius 1 is 1.33 bits per heavy atom. The highest BCUT2D eigenvalue weighted by atomic mass is 35.7. The number of hydrogen-bond acceptors (Lipinski definition) is 4. The molecule has 1 aliphatic heterocycles. The van der Waals surface area contributed by atoms with Gasteiger partial charge in [0.25, 0.3) is 15.0 Å². The summed E-state index contributed by atoms with van der Waals surface area (Å²) < 4.78 is 41.2. The number of amides is 1. The topological polar surface area (TPSA) is 72.5 Å². The van der Waals surface area contributed by atoms with Gasteiger partial charge in [-0.25, -0.2) is 12.8 Å². The Morgan fingerprint density at radius 2 is 1.95 bits per heavy atom. The van der Waals surface area contributed by atoms with Crippen LogP contribution in [0.1, 0.15) is 23.2 Å². The lowest BCUT2D eigenvalue weighted by Gasteiger charge is -2.23. The predicted octanol–water partition coefficient (Wildman–Crippen LogP) is 2.32. The minimum absolute atomic E-state index is 0.0940. The number of hydrogen-bond donors (Lipinski definition) is 1. The standard InChI is InChI=1S/C12H12Cl2FNO4S/c13-9-6-10(15)11(21(14,18)19)5-8(9)12(17)16-7-1-3-20-4-2-7/h5-7H,1-4H2,(H,16,17). The Balaban J connectivity index is 2.28. The third-order valence-electron chi connectivity index (χ3n) is 3.09. The molecule has 1 fully saturated rings. The van der Waals surface area contributed by atoms with Gasteiger partial charge in [-0.15, -0.1) is 0 Å². The Labute approximate surface area is 130 Å². The molecule has 0 aliphatic carbocycles. The molecular weight excluding hydrogens is 344 g/mol. The summed E-state index contributed by atoms with van der Waals surface area (Å²) in [6.45, 7) is 1.06. The van der Waals surface area contributed by atoms with Crippen LogP contribution in [0.25, 0.3) is 0 Å². The van der Waals surface area contributed by atoms with Gasteiger partial charge in [0.1, 0.15) is 10.7 Å². The quantitative estimate of drug-likeness (QED) is 0.844. The molecule has 1 aromatic carbocycles. The van der Waals surface area contributed by atoms with Crippen LogP contribution < -0.4 is 5.32 Å². The summed E-state index contributed by atoms with van der Waals surface area (Å²) in [6, 6.07) is 1.51. The van der Waals surface area contributed by atoms with Crippen LogP contribution in [-0.4, -0.2) is 33.6 Å². The molecule has 1 amide bonds. The molecule has 0 spiro atoms. The summed E-state index contributed by atoms with van der Waals surface area (Å²) in [4.78, 5) is 11.4. The van der Waals surface area contributed by atoms with Crippen molar-refractivity contribution in [1.29, 1.82) is 0 Å². The Kier molecular flexibility index (Phi) is 5.08. The summed E-state index contributed by atoms with van der Waals surface area (Å²) in [6.07, 6.45) is 1.29. The van der Waals surface area contributed by atoms with E-state index >= 15 is 0 Å². The van der Waals surface area contributed by atoms with Gasteiger partial charge < -0.3 is 10.1 Å². The number of ether oxygens (including phenoxy) is 1. The van der Waals surface area contributed by atoms with E-state index in [2.05, 4.69) is 5.32 Å². The van der Waals surface area contributed by atoms with Gasteiger partial charge in [0, 0.05) is 29.9 Å². The van der Waals surface area contributed by atoms with E-state index in [-0.39, 0.29) is 16.6 Å². The van der Waals surface area contributed by atoms with Crippen LogP contribution in [0.4, 0.5) is 4.39 Å². The number of benzene rings is 1. The Morgan fingerprint density at radius 3 is 2.52 bits per heavy atom. The fourth-order valence-electron chi connectivity index (χ4n) is 2.00. The molecule has 2 rings (SSSR count). The molecule has 21 heavy (non-hydrogen) atoms. The van der Waals surface area contributed by atoms with E-state index < -0.39 is 25.7 Å². The van der Waals surface area contributed by atoms with Crippen molar-refractivity contribution in [1.82, 2.24) is 5.32 Å². The normalized spacial score (nSPS) is 16.7. The molecule has 1 aliphatic rings. The minimum Gasteiger partial charge on any atom is -0.381 e. The molecular formula is C12H12Cl2FNO4S. The Bertz CT molecular complexity index is 659. The van der Waals surface area contributed by atoms with E-state index in [9.17, 15) is 17.6 Å². The van der Waals surface area contributed by atoms with Gasteiger partial charge in [-0.3, -0.25) is 4.79 Å². The average molecular weight is 356 g/mol. The second-order valence-electron chi connectivity index (χ2n) is 4.56. The highest BCUT2D eigenvalue weighted by Crippen LogP contribution is 2.26. The fraction of sp³-hybridized carbons (Fsp3) is 0.417. The lowest BCUT2D eigenvalue weighted by atomic mass is 10.1. The second kappa shape index (κ2) is 6.48. The van der Waals surface area contributed by atoms with Crippen molar-refractivity contribution in [2.24, 2.45) is 0 Å². The fourth-order valence-corrected chi connectivity index (χ4v) is 3.14. The monoisotopic (exact) mass is 355 g/mol. The molecule has 0 radical (unpaired) electrons. The maximum Gasteiger partial charge on any atom is 0.264 e. The Hall–Kier alpha value is -0.890. The molecule has 116 valence electrons. The molecule has 0 atom stereocenters. The second-order valence-corrected chi connectivity index (χ2v) is 7.50. The first-order chi connectivity index (χ1) is 9.79. The maximum absolute atomic E-state index is 13.6. The van der Waals surface area contributed by atoms with Crippen molar-refractivity contribution >= 4 is 37.2 Å². The van der Waals surface area contributed by atoms with Gasteiger partial charge in [0.05, 0.1) is 10.6 Å². The van der Waals surface area contributed by atoms with Crippen LogP contribution in [0.2, 0.25) is 5.02 Å². The molecule has 9 heteroatoms. The number of nitrogens with one attached hydrogen (secondary N) is 1. The summed E-state index contributed by atoms with van der Waals surface area (Å²) in [5.74, 6) is -1.67. The van der Waals surface area contributed by atoms with Gasteiger partial charge in [-0.2, -0.15) is 0 Å². The van der Waals surface area contributed by atoms with Gasteiger partial charge in [0.2, 0.25) is 0 Å². The summed E-state index contributed by atoms with van der Waals surface area (Å²) >= 11 is 5.80. The van der Waals surface area contributed by atoms with E-state index in [1.54, 1.807) is 0 Å². The van der Waals surface area contributed by atoms with Crippen LogP contribution >= 0.6 is 22.3 Å². The van der Waals surface area contributed by atoms with Gasteiger partial charge >= 0.3 is 0 Å². The highest BCUT2D eigenvalue weighted by molar-refractivity contribution is 8.13. The zero-order valence-corrected chi connectivity index (χ0v) is 13.1. The minimum atomic E-state index is -4.30. The van der Waals surface area contributed by atoms with Crippen LogP contribution in [0, 0.1) is 5.82 Å². The summed E-state index contributed by atoms with van der Waals surface area (Å²) in [7, 11) is 0.825. The third kappa shape index (κ3) is 4.06. The third-order valence-corrected chi connectivity index (χ3v) is 4.74. The zero-order valence-electron chi connectivity index (χ0n) is 10.7. The molecule has 1 aromatic rings. The van der Waals surface area contributed by atoms with Crippen molar-refractivity contribution in [3.63, 3.8) is 0 Å². The number of halogens is 3. The van der Waals surface area contributed by atoms with Crippen LogP contribution in [0.5, 0.6) is 0 Å². The zero-order chi connectivity index (χ0) is 15.6. The van der Waals surface area contributed by atoms with Crippen LogP contribution in [-0.2, 0) is 13.8 Å². The molecule has 0 aromatic heterocycles. The van der Waals surface area contributed by atoms with Gasteiger partial charge in [0.15, 0.2) is 0 Å². The van der Waals surface area contributed by atoms with Gasteiger partial charge in [-0.05, 0) is 25.0 Å². The van der Waals surface area contributed by atoms with E-state index in [4.69, 9.17) is 27.0 Å². The number of carbonyl (C=O) groups excluding carboxylic acids is 1.